The topological polar surface area (TPSA) is 84.3 Å². The predicted molar refractivity (Wildman–Crippen MR) is 160 cm³/mol. The molecule has 3 heterocycles. The number of likely N-dealkylation sites (tertiary alicyclic amines) is 2. The van der Waals surface area contributed by atoms with Crippen LogP contribution in [0.25, 0.3) is 0 Å². The van der Waals surface area contributed by atoms with Crippen molar-refractivity contribution in [2.75, 3.05) is 50.8 Å². The number of nitrogens with zero attached hydrogens (tertiary/aromatic N) is 3. The normalized spacial score (nSPS) is 20.6. The van der Waals surface area contributed by atoms with E-state index in [0.717, 1.165) is 50.9 Å². The number of halogens is 4. The van der Waals surface area contributed by atoms with Gasteiger partial charge in [-0.25, -0.2) is 0 Å². The Kier molecular flexibility index (Phi) is 12.1. The molecule has 0 saturated carbocycles. The van der Waals surface area contributed by atoms with E-state index >= 15 is 0 Å². The van der Waals surface area contributed by atoms with Crippen molar-refractivity contribution < 1.29 is 33.0 Å². The molecule has 3 aliphatic rings. The lowest BCUT2D eigenvalue weighted by Crippen LogP contribution is -2.42. The number of rotatable bonds is 7. The second kappa shape index (κ2) is 15.8. The number of aliphatic hydroxyl groups is 2. The maximum Gasteiger partial charge on any atom is 0.379 e. The Hall–Kier alpha value is -2.82. The Bertz CT molecular complexity index is 1190. The fourth-order valence-corrected chi connectivity index (χ4v) is 6.70. The molecule has 0 spiro atoms. The lowest BCUT2D eigenvalue weighted by atomic mass is 9.82. The van der Waals surface area contributed by atoms with E-state index in [9.17, 15) is 33.0 Å². The molecule has 5 rings (SSSR count). The molecule has 2 aromatic rings. The summed E-state index contributed by atoms with van der Waals surface area (Å²) in [4.78, 5) is 31.7. The third kappa shape index (κ3) is 9.09. The molecule has 0 bridgehead atoms. The first-order valence-electron chi connectivity index (χ1n) is 15.0. The highest BCUT2D eigenvalue weighted by molar-refractivity contribution is 6.34. The molecule has 2 N–H and O–H groups in total. The molecule has 3 fully saturated rings. The molecule has 0 unspecified atom stereocenters. The summed E-state index contributed by atoms with van der Waals surface area (Å²) in [5.41, 5.74) is 2.25. The summed E-state index contributed by atoms with van der Waals surface area (Å²) < 4.78 is 29.0. The number of aliphatic hydroxyl groups excluding tert-OH is 2. The maximum atomic E-state index is 12.9. The van der Waals surface area contributed by atoms with Crippen LogP contribution in [0.3, 0.4) is 0 Å². The fourth-order valence-electron chi connectivity index (χ4n) is 6.45. The number of alkyl halides is 3. The van der Waals surface area contributed by atoms with Gasteiger partial charge in [0.1, 0.15) is 0 Å². The third-order valence-electron chi connectivity index (χ3n) is 8.94. The quantitative estimate of drug-likeness (QED) is 0.423. The molecule has 236 valence electrons. The number of carbonyl (C=O) groups is 2. The number of piperidine rings is 2. The van der Waals surface area contributed by atoms with Crippen molar-refractivity contribution in [3.63, 3.8) is 0 Å². The lowest BCUT2D eigenvalue weighted by molar-refractivity contribution is -0.142. The fraction of sp³-hybridized carbons (Fsp3) is 0.562. The van der Waals surface area contributed by atoms with Crippen LogP contribution in [0.2, 0.25) is 5.02 Å². The van der Waals surface area contributed by atoms with Gasteiger partial charge in [-0.05, 0) is 74.1 Å². The van der Waals surface area contributed by atoms with Gasteiger partial charge in [0.2, 0.25) is 0 Å². The molecule has 0 aliphatic carbocycles. The van der Waals surface area contributed by atoms with Gasteiger partial charge in [0, 0.05) is 57.5 Å². The van der Waals surface area contributed by atoms with Gasteiger partial charge in [0.25, 0.3) is 11.8 Å². The van der Waals surface area contributed by atoms with Crippen LogP contribution >= 0.6 is 11.6 Å². The number of amides is 2. The summed E-state index contributed by atoms with van der Waals surface area (Å²) in [6.07, 6.45) is 5.19. The van der Waals surface area contributed by atoms with Crippen LogP contribution in [0, 0.1) is 17.8 Å². The molecule has 2 aromatic carbocycles. The van der Waals surface area contributed by atoms with Crippen LogP contribution in [0.15, 0.2) is 48.5 Å². The van der Waals surface area contributed by atoms with Gasteiger partial charge in [-0.3, -0.25) is 9.59 Å². The van der Waals surface area contributed by atoms with Gasteiger partial charge in [0.05, 0.1) is 10.6 Å². The van der Waals surface area contributed by atoms with Crippen molar-refractivity contribution >= 4 is 29.1 Å². The number of carbonyl (C=O) groups excluding carboxylic acids is 2. The summed E-state index contributed by atoms with van der Waals surface area (Å²) in [7, 11) is 0. The van der Waals surface area contributed by atoms with E-state index in [1.807, 2.05) is 41.3 Å². The number of hydrogen-bond donors (Lipinski definition) is 2. The zero-order valence-electron chi connectivity index (χ0n) is 24.3. The summed E-state index contributed by atoms with van der Waals surface area (Å²) in [5, 5.41) is 20.3. The Balaban J connectivity index is 0.000000996. The first kappa shape index (κ1) is 33.1. The van der Waals surface area contributed by atoms with E-state index in [-0.39, 0.29) is 24.3 Å². The highest BCUT2D eigenvalue weighted by Crippen LogP contribution is 2.34. The van der Waals surface area contributed by atoms with Crippen molar-refractivity contribution in [3.05, 3.63) is 64.7 Å². The van der Waals surface area contributed by atoms with Gasteiger partial charge >= 0.3 is 6.68 Å². The first-order chi connectivity index (χ1) is 20.7. The molecule has 11 heteroatoms. The van der Waals surface area contributed by atoms with E-state index in [0.29, 0.717) is 54.2 Å². The van der Waals surface area contributed by atoms with Crippen molar-refractivity contribution in [3.8, 4) is 0 Å². The van der Waals surface area contributed by atoms with Crippen LogP contribution in [0.5, 0.6) is 0 Å². The Labute approximate surface area is 256 Å². The van der Waals surface area contributed by atoms with Gasteiger partial charge in [-0.15, -0.1) is 0 Å². The predicted octanol–water partition coefficient (Wildman–Crippen LogP) is 5.55. The minimum absolute atomic E-state index is 0.0523. The molecule has 3 aliphatic heterocycles. The Morgan fingerprint density at radius 1 is 0.837 bits per heavy atom. The third-order valence-corrected chi connectivity index (χ3v) is 9.25. The Morgan fingerprint density at radius 2 is 1.40 bits per heavy atom. The summed E-state index contributed by atoms with van der Waals surface area (Å²) in [6, 6.07) is 14.9. The van der Waals surface area contributed by atoms with E-state index in [1.165, 1.54) is 6.42 Å². The highest BCUT2D eigenvalue weighted by Gasteiger charge is 2.31. The Morgan fingerprint density at radius 3 is 1.95 bits per heavy atom. The average Bonchev–Trinajstić information content (AvgIpc) is 3.51. The van der Waals surface area contributed by atoms with Gasteiger partial charge < -0.3 is 24.9 Å². The van der Waals surface area contributed by atoms with Gasteiger partial charge in [-0.1, -0.05) is 41.9 Å². The molecule has 0 radical (unpaired) electrons. The molecule has 7 nitrogen and oxygen atoms in total. The van der Waals surface area contributed by atoms with E-state index in [1.54, 1.807) is 17.0 Å². The second-order valence-corrected chi connectivity index (χ2v) is 12.2. The zero-order valence-corrected chi connectivity index (χ0v) is 25.0. The molecule has 2 atom stereocenters. The first-order valence-corrected chi connectivity index (χ1v) is 15.4. The largest absolute Gasteiger partial charge is 0.396 e. The van der Waals surface area contributed by atoms with Crippen molar-refractivity contribution in [1.82, 2.24) is 9.80 Å². The van der Waals surface area contributed by atoms with Crippen molar-refractivity contribution in [1.29, 1.82) is 0 Å². The second-order valence-electron chi connectivity index (χ2n) is 11.7. The van der Waals surface area contributed by atoms with Crippen LogP contribution < -0.4 is 4.90 Å². The smallest absolute Gasteiger partial charge is 0.379 e. The van der Waals surface area contributed by atoms with Crippen LogP contribution in [-0.2, 0) is 4.79 Å². The highest BCUT2D eigenvalue weighted by atomic mass is 35.5. The standard InChI is InChI=1S/C31H40ClN3O4.CHF3/c32-28-19-26(6-7-27(28)30(38)35-17-12-24(20-35)21-36)33-13-8-22(9-14-33)18-23-10-15-34(16-11-23)31(39)29(37)25-4-2-1-3-5-25;2-1(3)4/h1-7,19,22-24,29,36-37H,8-18,20-21H2;1H/t24-,29-;/m1./s1. The summed E-state index contributed by atoms with van der Waals surface area (Å²) in [6.45, 7) is 1.08. The van der Waals surface area contributed by atoms with E-state index < -0.39 is 12.8 Å². The zero-order chi connectivity index (χ0) is 30.9. The minimum Gasteiger partial charge on any atom is -0.396 e. The number of anilines is 1. The lowest BCUT2D eigenvalue weighted by Gasteiger charge is -2.38. The monoisotopic (exact) mass is 623 g/mol. The maximum absolute atomic E-state index is 12.9. The molecular formula is C32H41ClF3N3O4. The molecular weight excluding hydrogens is 583 g/mol. The SMILES string of the molecule is FC(F)F.O=C(c1ccc(N2CCC(CC3CCN(C(=O)[C@H](O)c4ccccc4)CC3)CC2)cc1Cl)N1CC[C@@H](CO)C1. The van der Waals surface area contributed by atoms with Crippen LogP contribution in [0.1, 0.15) is 60.6 Å². The number of hydrogen-bond acceptors (Lipinski definition) is 5. The van der Waals surface area contributed by atoms with Crippen LogP contribution in [-0.4, -0.2) is 84.4 Å². The summed E-state index contributed by atoms with van der Waals surface area (Å²) >= 11 is 6.57. The van der Waals surface area contributed by atoms with Crippen molar-refractivity contribution in [2.45, 2.75) is 51.3 Å². The molecule has 0 aromatic heterocycles. The molecule has 43 heavy (non-hydrogen) atoms. The minimum atomic E-state index is -3.67. The molecule has 2 amide bonds. The van der Waals surface area contributed by atoms with E-state index in [4.69, 9.17) is 11.6 Å². The van der Waals surface area contributed by atoms with Gasteiger partial charge in [0.15, 0.2) is 6.10 Å². The average molecular weight is 624 g/mol. The number of benzene rings is 2. The van der Waals surface area contributed by atoms with Crippen molar-refractivity contribution in [2.24, 2.45) is 17.8 Å². The summed E-state index contributed by atoms with van der Waals surface area (Å²) in [5.74, 6) is 1.22. The van der Waals surface area contributed by atoms with Crippen LogP contribution in [0.4, 0.5) is 18.9 Å². The van der Waals surface area contributed by atoms with E-state index in [2.05, 4.69) is 4.90 Å². The molecule has 3 saturated heterocycles. The van der Waals surface area contributed by atoms with Gasteiger partial charge in [-0.2, -0.15) is 13.2 Å².